The Morgan fingerprint density at radius 1 is 1.00 bits per heavy atom. The van der Waals surface area contributed by atoms with E-state index in [1.165, 1.54) is 4.88 Å². The number of methoxy groups -OCH3 is 1. The van der Waals surface area contributed by atoms with Gasteiger partial charge in [0.15, 0.2) is 0 Å². The molecule has 0 aliphatic carbocycles. The molecule has 4 rings (SSSR count). The summed E-state index contributed by atoms with van der Waals surface area (Å²) < 4.78 is 5.15. The van der Waals surface area contributed by atoms with Crippen LogP contribution in [-0.4, -0.2) is 23.0 Å². The number of carbonyl (C=O) groups excluding carboxylic acids is 1. The normalized spacial score (nSPS) is 10.7. The van der Waals surface area contributed by atoms with Gasteiger partial charge in [-0.15, -0.1) is 11.3 Å². The fraction of sp³-hybridized carbons (Fsp3) is 0.174. The molecule has 2 N–H and O–H groups in total. The second-order valence-electron chi connectivity index (χ2n) is 6.88. The highest BCUT2D eigenvalue weighted by Crippen LogP contribution is 2.27. The van der Waals surface area contributed by atoms with Crippen LogP contribution < -0.4 is 15.4 Å². The fourth-order valence-electron chi connectivity index (χ4n) is 3.10. The van der Waals surface area contributed by atoms with Crippen molar-refractivity contribution in [3.8, 4) is 5.75 Å². The van der Waals surface area contributed by atoms with Gasteiger partial charge >= 0.3 is 0 Å². The average Bonchev–Trinajstić information content (AvgIpc) is 3.17. The van der Waals surface area contributed by atoms with E-state index in [9.17, 15) is 4.79 Å². The summed E-state index contributed by atoms with van der Waals surface area (Å²) in [6.07, 6.45) is 1.58. The molecule has 0 atom stereocenters. The number of benzene rings is 2. The SMILES string of the molecule is COc1ccc(CNC(=O)c2ccc(CNc3ncnc4sc(C)cc34)cc2)cc1. The minimum Gasteiger partial charge on any atom is -0.497 e. The molecule has 7 heteroatoms. The molecule has 0 fully saturated rings. The van der Waals surface area contributed by atoms with Crippen LogP contribution in [0.3, 0.4) is 0 Å². The van der Waals surface area contributed by atoms with Crippen LogP contribution >= 0.6 is 11.3 Å². The van der Waals surface area contributed by atoms with E-state index in [2.05, 4.69) is 33.6 Å². The maximum Gasteiger partial charge on any atom is 0.251 e. The maximum atomic E-state index is 12.4. The lowest BCUT2D eigenvalue weighted by molar-refractivity contribution is 0.0951. The highest BCUT2D eigenvalue weighted by atomic mass is 32.1. The molecule has 2 aromatic carbocycles. The minimum absolute atomic E-state index is 0.100. The Bertz CT molecular complexity index is 1150. The zero-order chi connectivity index (χ0) is 20.9. The van der Waals surface area contributed by atoms with Crippen molar-refractivity contribution in [2.45, 2.75) is 20.0 Å². The van der Waals surface area contributed by atoms with E-state index in [4.69, 9.17) is 4.74 Å². The predicted octanol–water partition coefficient (Wildman–Crippen LogP) is 4.55. The Labute approximate surface area is 179 Å². The maximum absolute atomic E-state index is 12.4. The summed E-state index contributed by atoms with van der Waals surface area (Å²) in [5.41, 5.74) is 2.72. The number of thiophene rings is 1. The molecule has 152 valence electrons. The van der Waals surface area contributed by atoms with Gasteiger partial charge in [0.2, 0.25) is 0 Å². The summed E-state index contributed by atoms with van der Waals surface area (Å²) in [6.45, 7) is 3.15. The Hall–Kier alpha value is -3.45. The van der Waals surface area contributed by atoms with Crippen LogP contribution in [-0.2, 0) is 13.1 Å². The third-order valence-corrected chi connectivity index (χ3v) is 5.70. The van der Waals surface area contributed by atoms with E-state index in [1.807, 2.05) is 48.5 Å². The van der Waals surface area contributed by atoms with E-state index in [-0.39, 0.29) is 5.91 Å². The number of carbonyl (C=O) groups is 1. The Balaban J connectivity index is 1.34. The van der Waals surface area contributed by atoms with E-state index in [1.54, 1.807) is 24.8 Å². The molecule has 0 aliphatic heterocycles. The third-order valence-electron chi connectivity index (χ3n) is 4.74. The minimum atomic E-state index is -0.100. The van der Waals surface area contributed by atoms with Gasteiger partial charge in [0.1, 0.15) is 22.7 Å². The summed E-state index contributed by atoms with van der Waals surface area (Å²) in [5, 5.41) is 7.34. The fourth-order valence-corrected chi connectivity index (χ4v) is 3.95. The van der Waals surface area contributed by atoms with Crippen LogP contribution in [0.1, 0.15) is 26.4 Å². The smallest absolute Gasteiger partial charge is 0.251 e. The van der Waals surface area contributed by atoms with Crippen molar-refractivity contribution in [1.29, 1.82) is 0 Å². The molecule has 2 heterocycles. The molecule has 6 nitrogen and oxygen atoms in total. The molecule has 0 radical (unpaired) electrons. The largest absolute Gasteiger partial charge is 0.497 e. The Morgan fingerprint density at radius 3 is 2.43 bits per heavy atom. The van der Waals surface area contributed by atoms with E-state index < -0.39 is 0 Å². The number of amides is 1. The van der Waals surface area contributed by atoms with Gasteiger partial charge in [0.25, 0.3) is 5.91 Å². The van der Waals surface area contributed by atoms with Crippen molar-refractivity contribution in [3.05, 3.63) is 82.5 Å². The van der Waals surface area contributed by atoms with Crippen LogP contribution in [0.5, 0.6) is 5.75 Å². The second-order valence-corrected chi connectivity index (χ2v) is 8.11. The molecular weight excluding hydrogens is 396 g/mol. The van der Waals surface area contributed by atoms with Crippen LogP contribution in [0.15, 0.2) is 60.9 Å². The third kappa shape index (κ3) is 4.58. The number of nitrogens with one attached hydrogen (secondary N) is 2. The van der Waals surface area contributed by atoms with Crippen molar-refractivity contribution in [2.75, 3.05) is 12.4 Å². The average molecular weight is 419 g/mol. The van der Waals surface area contributed by atoms with Gasteiger partial charge in [-0.1, -0.05) is 24.3 Å². The van der Waals surface area contributed by atoms with Gasteiger partial charge in [0, 0.05) is 23.5 Å². The van der Waals surface area contributed by atoms with Gasteiger partial charge in [-0.05, 0) is 48.4 Å². The standard InChI is InChI=1S/C23H22N4O2S/c1-15-11-20-21(26-14-27-23(20)30-15)24-12-16-3-7-18(8-4-16)22(28)25-13-17-5-9-19(29-2)10-6-17/h3-11,14H,12-13H2,1-2H3,(H,25,28)(H,24,26,27). The lowest BCUT2D eigenvalue weighted by atomic mass is 10.1. The number of aromatic nitrogens is 2. The highest BCUT2D eigenvalue weighted by molar-refractivity contribution is 7.18. The number of ether oxygens (including phenoxy) is 1. The predicted molar refractivity (Wildman–Crippen MR) is 120 cm³/mol. The summed E-state index contributed by atoms with van der Waals surface area (Å²) in [7, 11) is 1.63. The zero-order valence-corrected chi connectivity index (χ0v) is 17.6. The summed E-state index contributed by atoms with van der Waals surface area (Å²) in [5.74, 6) is 1.52. The number of hydrogen-bond acceptors (Lipinski definition) is 6. The van der Waals surface area contributed by atoms with Crippen molar-refractivity contribution < 1.29 is 9.53 Å². The van der Waals surface area contributed by atoms with Crippen LogP contribution in [0, 0.1) is 6.92 Å². The van der Waals surface area contributed by atoms with Crippen molar-refractivity contribution >= 4 is 33.3 Å². The lowest BCUT2D eigenvalue weighted by Gasteiger charge is -2.09. The first-order valence-electron chi connectivity index (χ1n) is 9.57. The molecule has 4 aromatic rings. The van der Waals surface area contributed by atoms with Gasteiger partial charge in [-0.3, -0.25) is 4.79 Å². The topological polar surface area (TPSA) is 76.1 Å². The van der Waals surface area contributed by atoms with Gasteiger partial charge in [-0.25, -0.2) is 9.97 Å². The molecule has 30 heavy (non-hydrogen) atoms. The molecule has 0 aliphatic rings. The molecule has 1 amide bonds. The summed E-state index contributed by atoms with van der Waals surface area (Å²) >= 11 is 1.66. The molecule has 0 saturated heterocycles. The molecule has 0 unspecified atom stereocenters. The molecule has 2 aromatic heterocycles. The number of nitrogens with zero attached hydrogens (tertiary/aromatic N) is 2. The van der Waals surface area contributed by atoms with Gasteiger partial charge in [0.05, 0.1) is 12.5 Å². The summed E-state index contributed by atoms with van der Waals surface area (Å²) in [6, 6.07) is 17.3. The molecule has 0 saturated carbocycles. The van der Waals surface area contributed by atoms with E-state index in [0.29, 0.717) is 18.7 Å². The monoisotopic (exact) mass is 418 g/mol. The van der Waals surface area contributed by atoms with Gasteiger partial charge < -0.3 is 15.4 Å². The van der Waals surface area contributed by atoms with E-state index in [0.717, 1.165) is 32.9 Å². The van der Waals surface area contributed by atoms with Gasteiger partial charge in [-0.2, -0.15) is 0 Å². The lowest BCUT2D eigenvalue weighted by Crippen LogP contribution is -2.22. The quantitative estimate of drug-likeness (QED) is 0.460. The number of fused-ring (bicyclic) bond motifs is 1. The van der Waals surface area contributed by atoms with Crippen LogP contribution in [0.25, 0.3) is 10.2 Å². The second kappa shape index (κ2) is 8.92. The Kier molecular flexibility index (Phi) is 5.90. The van der Waals surface area contributed by atoms with Crippen molar-refractivity contribution in [3.63, 3.8) is 0 Å². The summed E-state index contributed by atoms with van der Waals surface area (Å²) in [4.78, 5) is 23.3. The zero-order valence-electron chi connectivity index (χ0n) is 16.8. The highest BCUT2D eigenvalue weighted by Gasteiger charge is 2.08. The first kappa shape index (κ1) is 19.8. The molecule has 0 spiro atoms. The first-order valence-corrected chi connectivity index (χ1v) is 10.4. The van der Waals surface area contributed by atoms with Crippen molar-refractivity contribution in [2.24, 2.45) is 0 Å². The number of hydrogen-bond donors (Lipinski definition) is 2. The van der Waals surface area contributed by atoms with Crippen molar-refractivity contribution in [1.82, 2.24) is 15.3 Å². The van der Waals surface area contributed by atoms with Crippen LogP contribution in [0.4, 0.5) is 5.82 Å². The Morgan fingerprint density at radius 2 is 1.70 bits per heavy atom. The number of rotatable bonds is 7. The first-order chi connectivity index (χ1) is 14.6. The molecule has 0 bridgehead atoms. The number of aryl methyl sites for hydroxylation is 1. The molecular formula is C23H22N4O2S. The number of anilines is 1. The van der Waals surface area contributed by atoms with E-state index >= 15 is 0 Å². The van der Waals surface area contributed by atoms with Crippen LogP contribution in [0.2, 0.25) is 0 Å².